The summed E-state index contributed by atoms with van der Waals surface area (Å²) in [6.45, 7) is 1.08. The minimum Gasteiger partial charge on any atom is -0.464 e. The van der Waals surface area contributed by atoms with Gasteiger partial charge in [0.25, 0.3) is 11.5 Å². The van der Waals surface area contributed by atoms with E-state index in [1.54, 1.807) is 12.3 Å². The largest absolute Gasteiger partial charge is 0.464 e. The van der Waals surface area contributed by atoms with Crippen LogP contribution in [0.5, 0.6) is 0 Å². The number of carbonyl (C=O) groups excluding carboxylic acids is 1. The Morgan fingerprint density at radius 2 is 2.10 bits per heavy atom. The van der Waals surface area contributed by atoms with Gasteiger partial charge in [0.1, 0.15) is 23.7 Å². The predicted octanol–water partition coefficient (Wildman–Crippen LogP) is 1.24. The standard InChI is InChI=1S/C21H18N4O3S/c22-19(26)15-8-12-4-1-2-5-13(12)9-25(15)10-17-23-20(27)18-14(11-29-21(18)24-17)16-6-3-7-28-16/h1-7,11,15H,8-10H2,(H2,22,26)(H,23,24,27)/p+1/t15-/m0/s1. The maximum Gasteiger partial charge on any atom is 0.276 e. The highest BCUT2D eigenvalue weighted by Crippen LogP contribution is 2.30. The third-order valence-electron chi connectivity index (χ3n) is 5.47. The smallest absolute Gasteiger partial charge is 0.276 e. The number of hydrogen-bond donors (Lipinski definition) is 3. The Labute approximate surface area is 169 Å². The van der Waals surface area contributed by atoms with E-state index >= 15 is 0 Å². The van der Waals surface area contributed by atoms with E-state index in [1.165, 1.54) is 16.9 Å². The van der Waals surface area contributed by atoms with Crippen molar-refractivity contribution >= 4 is 27.5 Å². The summed E-state index contributed by atoms with van der Waals surface area (Å²) in [5.41, 5.74) is 8.57. The number of H-pyrrole nitrogens is 1. The molecule has 1 aliphatic heterocycles. The molecule has 5 rings (SSSR count). The number of quaternary nitrogens is 1. The van der Waals surface area contributed by atoms with Crippen LogP contribution in [0.25, 0.3) is 21.5 Å². The van der Waals surface area contributed by atoms with E-state index in [0.29, 0.717) is 41.3 Å². The van der Waals surface area contributed by atoms with E-state index in [1.807, 2.05) is 29.6 Å². The number of thiophene rings is 1. The van der Waals surface area contributed by atoms with E-state index in [2.05, 4.69) is 16.0 Å². The summed E-state index contributed by atoms with van der Waals surface area (Å²) in [5, 5.41) is 2.41. The topological polar surface area (TPSA) is 106 Å². The number of fused-ring (bicyclic) bond motifs is 2. The molecule has 1 amide bonds. The van der Waals surface area contributed by atoms with Gasteiger partial charge in [-0.3, -0.25) is 9.59 Å². The molecule has 0 bridgehead atoms. The number of nitrogens with one attached hydrogen (secondary N) is 2. The number of carbonyl (C=O) groups is 1. The van der Waals surface area contributed by atoms with Crippen molar-refractivity contribution in [1.29, 1.82) is 0 Å². The summed E-state index contributed by atoms with van der Waals surface area (Å²) in [6.07, 6.45) is 2.17. The molecular weight excluding hydrogens is 388 g/mol. The predicted molar refractivity (Wildman–Crippen MR) is 109 cm³/mol. The van der Waals surface area contributed by atoms with Crippen LogP contribution in [-0.4, -0.2) is 21.9 Å². The van der Waals surface area contributed by atoms with Crippen molar-refractivity contribution in [3.8, 4) is 11.3 Å². The van der Waals surface area contributed by atoms with E-state index < -0.39 is 0 Å². The first kappa shape index (κ1) is 17.8. The van der Waals surface area contributed by atoms with Gasteiger partial charge in [-0.15, -0.1) is 11.3 Å². The molecular formula is C21H19N4O3S+. The molecule has 1 aliphatic rings. The molecule has 1 unspecified atom stereocenters. The summed E-state index contributed by atoms with van der Waals surface area (Å²) in [6, 6.07) is 11.3. The molecule has 0 fully saturated rings. The fraction of sp³-hybridized carbons (Fsp3) is 0.190. The molecule has 3 aromatic heterocycles. The molecule has 0 spiro atoms. The molecule has 4 aromatic rings. The fourth-order valence-corrected chi connectivity index (χ4v) is 5.00. The highest BCUT2D eigenvalue weighted by atomic mass is 32.1. The molecule has 0 aliphatic carbocycles. The first-order valence-electron chi connectivity index (χ1n) is 9.35. The molecule has 29 heavy (non-hydrogen) atoms. The zero-order valence-electron chi connectivity index (χ0n) is 15.5. The Hall–Kier alpha value is -3.23. The minimum absolute atomic E-state index is 0.204. The minimum atomic E-state index is -0.354. The van der Waals surface area contributed by atoms with Crippen LogP contribution in [-0.2, 0) is 24.3 Å². The van der Waals surface area contributed by atoms with Crippen LogP contribution in [0.3, 0.4) is 0 Å². The highest BCUT2D eigenvalue weighted by molar-refractivity contribution is 7.17. The molecule has 0 saturated heterocycles. The van der Waals surface area contributed by atoms with Gasteiger partial charge in [-0.05, 0) is 17.7 Å². The number of amides is 1. The van der Waals surface area contributed by atoms with E-state index in [4.69, 9.17) is 10.2 Å². The maximum absolute atomic E-state index is 12.8. The normalized spacial score (nSPS) is 18.6. The zero-order chi connectivity index (χ0) is 20.0. The third-order valence-corrected chi connectivity index (χ3v) is 6.34. The lowest BCUT2D eigenvalue weighted by Gasteiger charge is -2.31. The Morgan fingerprint density at radius 1 is 1.28 bits per heavy atom. The van der Waals surface area contributed by atoms with Crippen molar-refractivity contribution in [1.82, 2.24) is 9.97 Å². The van der Waals surface area contributed by atoms with Gasteiger partial charge in [0.15, 0.2) is 11.9 Å². The van der Waals surface area contributed by atoms with Gasteiger partial charge in [-0.1, -0.05) is 24.3 Å². The SMILES string of the molecule is NC(=O)[C@@H]1Cc2ccccc2C[NH+]1Cc1nc2scc(-c3ccco3)c2c(=O)[nH]1. The van der Waals surface area contributed by atoms with Gasteiger partial charge >= 0.3 is 0 Å². The second-order valence-electron chi connectivity index (χ2n) is 7.26. The maximum atomic E-state index is 12.8. The second kappa shape index (κ2) is 6.98. The Bertz CT molecular complexity index is 1260. The number of furan rings is 1. The van der Waals surface area contributed by atoms with Crippen LogP contribution >= 0.6 is 11.3 Å². The van der Waals surface area contributed by atoms with Crippen LogP contribution in [0.15, 0.2) is 57.3 Å². The second-order valence-corrected chi connectivity index (χ2v) is 8.12. The van der Waals surface area contributed by atoms with Crippen molar-refractivity contribution in [2.75, 3.05) is 0 Å². The molecule has 4 N–H and O–H groups in total. The van der Waals surface area contributed by atoms with Gasteiger partial charge in [0, 0.05) is 22.9 Å². The lowest BCUT2D eigenvalue weighted by Crippen LogP contribution is -3.16. The number of primary amides is 1. The number of aromatic nitrogens is 2. The average Bonchev–Trinajstić information content (AvgIpc) is 3.37. The lowest BCUT2D eigenvalue weighted by molar-refractivity contribution is -0.945. The summed E-state index contributed by atoms with van der Waals surface area (Å²) in [7, 11) is 0. The van der Waals surface area contributed by atoms with Gasteiger partial charge in [0.2, 0.25) is 0 Å². The monoisotopic (exact) mass is 407 g/mol. The van der Waals surface area contributed by atoms with Crippen LogP contribution in [0.2, 0.25) is 0 Å². The van der Waals surface area contributed by atoms with E-state index in [9.17, 15) is 9.59 Å². The Balaban J connectivity index is 1.50. The van der Waals surface area contributed by atoms with Crippen LogP contribution in [0.4, 0.5) is 0 Å². The molecule has 0 saturated carbocycles. The number of benzene rings is 1. The molecule has 8 heteroatoms. The van der Waals surface area contributed by atoms with Crippen molar-refractivity contribution in [3.05, 3.63) is 75.3 Å². The number of aromatic amines is 1. The van der Waals surface area contributed by atoms with E-state index in [-0.39, 0.29) is 17.5 Å². The zero-order valence-corrected chi connectivity index (χ0v) is 16.3. The lowest BCUT2D eigenvalue weighted by atomic mass is 9.93. The van der Waals surface area contributed by atoms with Gasteiger partial charge in [-0.2, -0.15) is 0 Å². The molecule has 1 aromatic carbocycles. The first-order chi connectivity index (χ1) is 14.1. The molecule has 4 heterocycles. The summed E-state index contributed by atoms with van der Waals surface area (Å²) in [5.74, 6) is 0.855. The summed E-state index contributed by atoms with van der Waals surface area (Å²) >= 11 is 1.41. The van der Waals surface area contributed by atoms with Gasteiger partial charge in [0.05, 0.1) is 11.6 Å². The first-order valence-corrected chi connectivity index (χ1v) is 10.2. The average molecular weight is 407 g/mol. The highest BCUT2D eigenvalue weighted by Gasteiger charge is 2.34. The molecule has 2 atom stereocenters. The van der Waals surface area contributed by atoms with Crippen molar-refractivity contribution in [2.45, 2.75) is 25.6 Å². The molecule has 146 valence electrons. The van der Waals surface area contributed by atoms with Crippen LogP contribution in [0, 0.1) is 0 Å². The van der Waals surface area contributed by atoms with Crippen LogP contribution < -0.4 is 16.2 Å². The van der Waals surface area contributed by atoms with Crippen LogP contribution in [0.1, 0.15) is 17.0 Å². The van der Waals surface area contributed by atoms with Crippen molar-refractivity contribution in [2.24, 2.45) is 5.73 Å². The number of nitrogens with two attached hydrogens (primary N) is 1. The Morgan fingerprint density at radius 3 is 2.86 bits per heavy atom. The van der Waals surface area contributed by atoms with E-state index in [0.717, 1.165) is 16.0 Å². The number of hydrogen-bond acceptors (Lipinski definition) is 5. The van der Waals surface area contributed by atoms with Gasteiger partial charge in [-0.25, -0.2) is 4.98 Å². The third kappa shape index (κ3) is 3.16. The Kier molecular flexibility index (Phi) is 4.30. The van der Waals surface area contributed by atoms with Crippen molar-refractivity contribution in [3.63, 3.8) is 0 Å². The number of nitrogens with zero attached hydrogens (tertiary/aromatic N) is 1. The summed E-state index contributed by atoms with van der Waals surface area (Å²) in [4.78, 5) is 34.1. The molecule has 7 nitrogen and oxygen atoms in total. The summed E-state index contributed by atoms with van der Waals surface area (Å²) < 4.78 is 5.44. The molecule has 0 radical (unpaired) electrons. The van der Waals surface area contributed by atoms with Crippen molar-refractivity contribution < 1.29 is 14.1 Å². The quantitative estimate of drug-likeness (QED) is 0.473. The fourth-order valence-electron chi connectivity index (χ4n) is 4.05. The van der Waals surface area contributed by atoms with Gasteiger partial charge < -0.3 is 20.0 Å². The number of rotatable bonds is 4.